The minimum atomic E-state index is -3.31. The van der Waals surface area contributed by atoms with E-state index >= 15 is 0 Å². The molecule has 0 saturated carbocycles. The molecule has 0 heterocycles. The Morgan fingerprint density at radius 2 is 2.00 bits per heavy atom. The molecule has 0 unspecified atom stereocenters. The van der Waals surface area contributed by atoms with E-state index in [0.717, 1.165) is 0 Å². The molecule has 1 rings (SSSR count). The van der Waals surface area contributed by atoms with E-state index in [9.17, 15) is 8.42 Å². The maximum atomic E-state index is 12.0. The second-order valence-corrected chi connectivity index (χ2v) is 7.48. The van der Waals surface area contributed by atoms with Crippen molar-refractivity contribution in [2.24, 2.45) is 5.73 Å². The monoisotopic (exact) mass is 291 g/mol. The third-order valence-corrected chi connectivity index (χ3v) is 4.38. The van der Waals surface area contributed by atoms with Gasteiger partial charge in [0.25, 0.3) is 0 Å². The van der Waals surface area contributed by atoms with E-state index in [1.165, 1.54) is 7.11 Å². The van der Waals surface area contributed by atoms with E-state index in [1.807, 2.05) is 0 Å². The third kappa shape index (κ3) is 4.84. The Morgan fingerprint density at radius 3 is 2.50 bits per heavy atom. The molecule has 102 valence electrons. The Bertz CT molecular complexity index is 521. The predicted octanol–water partition coefficient (Wildman–Crippen LogP) is 2.00. The van der Waals surface area contributed by atoms with Crippen LogP contribution in [0.3, 0.4) is 0 Å². The first-order chi connectivity index (χ1) is 8.13. The number of nitrogens with two attached hydrogens (primary N) is 1. The van der Waals surface area contributed by atoms with Gasteiger partial charge < -0.3 is 10.5 Å². The summed E-state index contributed by atoms with van der Waals surface area (Å²) >= 11 is 5.86. The van der Waals surface area contributed by atoms with Crippen molar-refractivity contribution in [2.45, 2.75) is 25.1 Å². The lowest BCUT2D eigenvalue weighted by molar-refractivity contribution is 0.411. The van der Waals surface area contributed by atoms with E-state index in [0.29, 0.717) is 16.3 Å². The van der Waals surface area contributed by atoms with Gasteiger partial charge in [-0.25, -0.2) is 8.42 Å². The van der Waals surface area contributed by atoms with Crippen molar-refractivity contribution < 1.29 is 13.2 Å². The summed E-state index contributed by atoms with van der Waals surface area (Å²) in [5, 5.41) is 0.480. The van der Waals surface area contributed by atoms with Gasteiger partial charge in [-0.3, -0.25) is 0 Å². The molecule has 0 aliphatic carbocycles. The van der Waals surface area contributed by atoms with Crippen LogP contribution >= 0.6 is 11.6 Å². The Labute approximate surface area is 113 Å². The molecule has 0 aromatic heterocycles. The minimum absolute atomic E-state index is 0.0876. The van der Waals surface area contributed by atoms with Gasteiger partial charge in [0, 0.05) is 16.1 Å². The maximum absolute atomic E-state index is 12.0. The van der Waals surface area contributed by atoms with E-state index in [2.05, 4.69) is 0 Å². The number of ether oxygens (including phenoxy) is 1. The lowest BCUT2D eigenvalue weighted by Gasteiger charge is -2.18. The quantitative estimate of drug-likeness (QED) is 0.901. The second kappa shape index (κ2) is 5.47. The number of benzene rings is 1. The largest absolute Gasteiger partial charge is 0.496 e. The average molecular weight is 292 g/mol. The van der Waals surface area contributed by atoms with Crippen LogP contribution in [0.25, 0.3) is 0 Å². The Morgan fingerprint density at radius 1 is 1.39 bits per heavy atom. The highest BCUT2D eigenvalue weighted by Gasteiger charge is 2.23. The molecule has 0 amide bonds. The van der Waals surface area contributed by atoms with Gasteiger partial charge in [0.1, 0.15) is 5.75 Å². The molecular formula is C12H18ClNO3S. The molecule has 6 heteroatoms. The molecule has 2 N–H and O–H groups in total. The van der Waals surface area contributed by atoms with Crippen LogP contribution in [0.4, 0.5) is 0 Å². The zero-order valence-corrected chi connectivity index (χ0v) is 12.3. The van der Waals surface area contributed by atoms with Gasteiger partial charge in [-0.2, -0.15) is 0 Å². The van der Waals surface area contributed by atoms with Crippen LogP contribution < -0.4 is 10.5 Å². The molecule has 4 nitrogen and oxygen atoms in total. The highest BCUT2D eigenvalue weighted by Crippen LogP contribution is 2.25. The lowest BCUT2D eigenvalue weighted by atomic mass is 10.1. The zero-order chi connectivity index (χ0) is 14.0. The number of hydrogen-bond acceptors (Lipinski definition) is 4. The van der Waals surface area contributed by atoms with Crippen LogP contribution in [0.5, 0.6) is 5.75 Å². The zero-order valence-electron chi connectivity index (χ0n) is 10.7. The minimum Gasteiger partial charge on any atom is -0.496 e. The van der Waals surface area contributed by atoms with Gasteiger partial charge >= 0.3 is 0 Å². The van der Waals surface area contributed by atoms with E-state index in [4.69, 9.17) is 22.1 Å². The number of rotatable bonds is 5. The summed E-state index contributed by atoms with van der Waals surface area (Å²) in [6, 6.07) is 4.91. The van der Waals surface area contributed by atoms with Gasteiger partial charge in [0.2, 0.25) is 0 Å². The van der Waals surface area contributed by atoms with Crippen molar-refractivity contribution >= 4 is 21.4 Å². The number of halogens is 1. The van der Waals surface area contributed by atoms with Gasteiger partial charge in [-0.1, -0.05) is 11.6 Å². The van der Waals surface area contributed by atoms with Gasteiger partial charge in [0.15, 0.2) is 9.84 Å². The predicted molar refractivity (Wildman–Crippen MR) is 73.8 cm³/mol. The van der Waals surface area contributed by atoms with Crippen molar-refractivity contribution in [1.29, 1.82) is 0 Å². The Hall–Kier alpha value is -0.780. The summed E-state index contributed by atoms with van der Waals surface area (Å²) in [4.78, 5) is 0. The highest BCUT2D eigenvalue weighted by molar-refractivity contribution is 7.90. The summed E-state index contributed by atoms with van der Waals surface area (Å²) in [7, 11) is -1.81. The molecule has 18 heavy (non-hydrogen) atoms. The Kier molecular flexibility index (Phi) is 4.64. The maximum Gasteiger partial charge on any atom is 0.156 e. The number of methoxy groups -OCH3 is 1. The molecule has 1 aromatic carbocycles. The van der Waals surface area contributed by atoms with Crippen molar-refractivity contribution in [3.05, 3.63) is 28.8 Å². The number of sulfone groups is 1. The molecule has 1 aromatic rings. The van der Waals surface area contributed by atoms with Crippen LogP contribution in [-0.4, -0.2) is 26.8 Å². The van der Waals surface area contributed by atoms with Crippen LogP contribution in [0.1, 0.15) is 19.4 Å². The smallest absolute Gasteiger partial charge is 0.156 e. The van der Waals surface area contributed by atoms with Crippen molar-refractivity contribution in [3.8, 4) is 5.75 Å². The van der Waals surface area contributed by atoms with E-state index < -0.39 is 15.4 Å². The average Bonchev–Trinajstić information content (AvgIpc) is 2.13. The molecule has 0 radical (unpaired) electrons. The lowest BCUT2D eigenvalue weighted by Crippen LogP contribution is -2.40. The summed E-state index contributed by atoms with van der Waals surface area (Å²) in [5.41, 5.74) is 5.53. The molecular weight excluding hydrogens is 274 g/mol. The van der Waals surface area contributed by atoms with Crippen LogP contribution in [0.15, 0.2) is 18.2 Å². The van der Waals surface area contributed by atoms with Crippen LogP contribution in [-0.2, 0) is 15.6 Å². The SMILES string of the molecule is COc1ccc(Cl)cc1CS(=O)(=O)CC(C)(C)N. The molecule has 0 saturated heterocycles. The first kappa shape index (κ1) is 15.3. The Balaban J connectivity index is 3.00. The molecule has 0 aliphatic rings. The topological polar surface area (TPSA) is 69.4 Å². The molecule has 0 bridgehead atoms. The summed E-state index contributed by atoms with van der Waals surface area (Å²) in [5.74, 6) is 0.297. The highest BCUT2D eigenvalue weighted by atomic mass is 35.5. The van der Waals surface area contributed by atoms with Crippen molar-refractivity contribution in [1.82, 2.24) is 0 Å². The van der Waals surface area contributed by atoms with Crippen LogP contribution in [0.2, 0.25) is 5.02 Å². The fourth-order valence-corrected chi connectivity index (χ4v) is 3.84. The fraction of sp³-hybridized carbons (Fsp3) is 0.500. The fourth-order valence-electron chi connectivity index (χ4n) is 1.71. The van der Waals surface area contributed by atoms with E-state index in [1.54, 1.807) is 32.0 Å². The normalized spacial score (nSPS) is 12.5. The molecule has 0 aliphatic heterocycles. The molecule has 0 spiro atoms. The van der Waals surface area contributed by atoms with Crippen molar-refractivity contribution in [2.75, 3.05) is 12.9 Å². The first-order valence-electron chi connectivity index (χ1n) is 5.45. The van der Waals surface area contributed by atoms with E-state index in [-0.39, 0.29) is 11.5 Å². The summed E-state index contributed by atoms with van der Waals surface area (Å²) < 4.78 is 29.2. The summed E-state index contributed by atoms with van der Waals surface area (Å²) in [6.07, 6.45) is 0. The van der Waals surface area contributed by atoms with Gasteiger partial charge in [-0.05, 0) is 32.0 Å². The van der Waals surface area contributed by atoms with Gasteiger partial charge in [-0.15, -0.1) is 0 Å². The van der Waals surface area contributed by atoms with Crippen LogP contribution in [0, 0.1) is 0 Å². The molecule has 0 atom stereocenters. The van der Waals surface area contributed by atoms with Crippen molar-refractivity contribution in [3.63, 3.8) is 0 Å². The molecule has 0 fully saturated rings. The number of hydrogen-bond donors (Lipinski definition) is 1. The first-order valence-corrected chi connectivity index (χ1v) is 7.65. The van der Waals surface area contributed by atoms with Gasteiger partial charge in [0.05, 0.1) is 18.6 Å². The third-order valence-electron chi connectivity index (χ3n) is 2.21. The second-order valence-electron chi connectivity index (χ2n) is 4.98. The summed E-state index contributed by atoms with van der Waals surface area (Å²) in [6.45, 7) is 3.36. The standard InChI is InChI=1S/C12H18ClNO3S/c1-12(2,14)8-18(15,16)7-9-6-10(13)4-5-11(9)17-3/h4-6H,7-8,14H2,1-3H3.